The number of carbonyl (C=O) groups excluding carboxylic acids is 1. The van der Waals surface area contributed by atoms with Crippen LogP contribution in [0.1, 0.15) is 12.8 Å². The third-order valence-corrected chi connectivity index (χ3v) is 2.31. The first-order valence-electron chi connectivity index (χ1n) is 4.67. The van der Waals surface area contributed by atoms with E-state index in [-0.39, 0.29) is 5.97 Å². The molecule has 0 aliphatic heterocycles. The molecule has 0 aliphatic carbocycles. The minimum Gasteiger partial charge on any atom is -0.494 e. The molecule has 0 aromatic heterocycles. The van der Waals surface area contributed by atoms with Gasteiger partial charge >= 0.3 is 5.97 Å². The van der Waals surface area contributed by atoms with E-state index in [2.05, 4.69) is 20.7 Å². The molecule has 4 heteroatoms. The van der Waals surface area contributed by atoms with E-state index < -0.39 is 0 Å². The molecular formula is C11H13BrO3. The quantitative estimate of drug-likeness (QED) is 0.611. The average Bonchev–Trinajstić information content (AvgIpc) is 2.24. The lowest BCUT2D eigenvalue weighted by Crippen LogP contribution is -2.04. The minimum absolute atomic E-state index is 0.201. The number of ether oxygens (including phenoxy) is 2. The molecule has 15 heavy (non-hydrogen) atoms. The Labute approximate surface area is 97.5 Å². The average molecular weight is 273 g/mol. The Morgan fingerprint density at radius 1 is 1.47 bits per heavy atom. The molecule has 0 saturated heterocycles. The van der Waals surface area contributed by atoms with Crippen LogP contribution in [0.5, 0.6) is 5.75 Å². The molecule has 0 heterocycles. The van der Waals surface area contributed by atoms with E-state index in [0.29, 0.717) is 19.4 Å². The lowest BCUT2D eigenvalue weighted by Gasteiger charge is -2.05. The van der Waals surface area contributed by atoms with E-state index in [9.17, 15) is 4.79 Å². The Hall–Kier alpha value is -1.03. The number of benzene rings is 1. The Bertz CT molecular complexity index is 325. The van der Waals surface area contributed by atoms with E-state index in [0.717, 1.165) is 10.2 Å². The molecule has 0 bridgehead atoms. The Kier molecular flexibility index (Phi) is 5.18. The lowest BCUT2D eigenvalue weighted by molar-refractivity contribution is -0.140. The van der Waals surface area contributed by atoms with E-state index in [1.165, 1.54) is 7.11 Å². The van der Waals surface area contributed by atoms with E-state index in [1.54, 1.807) is 0 Å². The van der Waals surface area contributed by atoms with Gasteiger partial charge in [0.2, 0.25) is 0 Å². The fourth-order valence-corrected chi connectivity index (χ4v) is 1.44. The summed E-state index contributed by atoms with van der Waals surface area (Å²) in [4.78, 5) is 10.8. The molecule has 0 unspecified atom stereocenters. The van der Waals surface area contributed by atoms with E-state index in [1.807, 2.05) is 24.3 Å². The van der Waals surface area contributed by atoms with E-state index >= 15 is 0 Å². The van der Waals surface area contributed by atoms with Crippen molar-refractivity contribution in [2.45, 2.75) is 12.8 Å². The van der Waals surface area contributed by atoms with Crippen molar-refractivity contribution in [3.05, 3.63) is 28.7 Å². The molecule has 3 nitrogen and oxygen atoms in total. The van der Waals surface area contributed by atoms with Crippen LogP contribution < -0.4 is 4.74 Å². The maximum absolute atomic E-state index is 10.8. The van der Waals surface area contributed by atoms with Crippen LogP contribution in [0.2, 0.25) is 0 Å². The SMILES string of the molecule is COC(=O)CCCOc1cccc(Br)c1. The number of methoxy groups -OCH3 is 1. The standard InChI is InChI=1S/C11H13BrO3/c1-14-11(13)6-3-7-15-10-5-2-4-9(12)8-10/h2,4-5,8H,3,6-7H2,1H3. The summed E-state index contributed by atoms with van der Waals surface area (Å²) in [5.41, 5.74) is 0. The first-order chi connectivity index (χ1) is 7.22. The number of hydrogen-bond donors (Lipinski definition) is 0. The van der Waals surface area contributed by atoms with Gasteiger partial charge in [-0.15, -0.1) is 0 Å². The first-order valence-corrected chi connectivity index (χ1v) is 5.47. The van der Waals surface area contributed by atoms with Crippen molar-refractivity contribution < 1.29 is 14.3 Å². The van der Waals surface area contributed by atoms with Crippen molar-refractivity contribution >= 4 is 21.9 Å². The number of esters is 1. The van der Waals surface area contributed by atoms with Crippen molar-refractivity contribution in [3.8, 4) is 5.75 Å². The third-order valence-electron chi connectivity index (χ3n) is 1.82. The summed E-state index contributed by atoms with van der Waals surface area (Å²) in [6.45, 7) is 0.519. The highest BCUT2D eigenvalue weighted by Gasteiger charge is 2.00. The predicted molar refractivity (Wildman–Crippen MR) is 60.9 cm³/mol. The molecule has 1 rings (SSSR count). The zero-order valence-electron chi connectivity index (χ0n) is 8.53. The monoisotopic (exact) mass is 272 g/mol. The van der Waals surface area contributed by atoms with Crippen LogP contribution in [0, 0.1) is 0 Å². The van der Waals surface area contributed by atoms with Gasteiger partial charge in [-0.3, -0.25) is 4.79 Å². The molecule has 1 aromatic carbocycles. The second-order valence-corrected chi connectivity index (χ2v) is 3.90. The van der Waals surface area contributed by atoms with Gasteiger partial charge in [0.05, 0.1) is 13.7 Å². The highest BCUT2D eigenvalue weighted by molar-refractivity contribution is 9.10. The second kappa shape index (κ2) is 6.45. The maximum Gasteiger partial charge on any atom is 0.305 e. The van der Waals surface area contributed by atoms with Gasteiger partial charge < -0.3 is 9.47 Å². The molecule has 0 aliphatic rings. The zero-order valence-corrected chi connectivity index (χ0v) is 10.1. The van der Waals surface area contributed by atoms with Crippen LogP contribution in [0.25, 0.3) is 0 Å². The molecule has 1 aromatic rings. The van der Waals surface area contributed by atoms with Crippen molar-refractivity contribution in [2.24, 2.45) is 0 Å². The number of carbonyl (C=O) groups is 1. The maximum atomic E-state index is 10.8. The Morgan fingerprint density at radius 3 is 2.93 bits per heavy atom. The highest BCUT2D eigenvalue weighted by atomic mass is 79.9. The van der Waals surface area contributed by atoms with Crippen LogP contribution in [0.4, 0.5) is 0 Å². The molecule has 0 spiro atoms. The molecule has 0 amide bonds. The minimum atomic E-state index is -0.201. The Balaban J connectivity index is 2.23. The van der Waals surface area contributed by atoms with Gasteiger partial charge in [-0.25, -0.2) is 0 Å². The summed E-state index contributed by atoms with van der Waals surface area (Å²) < 4.78 is 10.9. The summed E-state index contributed by atoms with van der Waals surface area (Å²) in [6.07, 6.45) is 1.06. The van der Waals surface area contributed by atoms with Gasteiger partial charge in [-0.2, -0.15) is 0 Å². The van der Waals surface area contributed by atoms with Crippen LogP contribution >= 0.6 is 15.9 Å². The highest BCUT2D eigenvalue weighted by Crippen LogP contribution is 2.17. The van der Waals surface area contributed by atoms with Crippen LogP contribution in [0.15, 0.2) is 28.7 Å². The van der Waals surface area contributed by atoms with Gasteiger partial charge in [0.1, 0.15) is 5.75 Å². The molecule has 0 N–H and O–H groups in total. The fraction of sp³-hybridized carbons (Fsp3) is 0.364. The molecule has 0 fully saturated rings. The van der Waals surface area contributed by atoms with Crippen LogP contribution in [0.3, 0.4) is 0 Å². The molecular weight excluding hydrogens is 260 g/mol. The first kappa shape index (κ1) is 12.0. The predicted octanol–water partition coefficient (Wildman–Crippen LogP) is 2.78. The number of hydrogen-bond acceptors (Lipinski definition) is 3. The van der Waals surface area contributed by atoms with Gasteiger partial charge in [-0.1, -0.05) is 22.0 Å². The number of halogens is 1. The second-order valence-electron chi connectivity index (χ2n) is 2.99. The zero-order chi connectivity index (χ0) is 11.1. The van der Waals surface area contributed by atoms with Crippen molar-refractivity contribution in [2.75, 3.05) is 13.7 Å². The van der Waals surface area contributed by atoms with Gasteiger partial charge in [0.25, 0.3) is 0 Å². The summed E-state index contributed by atoms with van der Waals surface area (Å²) in [5, 5.41) is 0. The van der Waals surface area contributed by atoms with Gasteiger partial charge in [0, 0.05) is 10.9 Å². The van der Waals surface area contributed by atoms with Crippen molar-refractivity contribution in [1.82, 2.24) is 0 Å². The summed E-state index contributed by atoms with van der Waals surface area (Å²) >= 11 is 3.35. The van der Waals surface area contributed by atoms with Gasteiger partial charge in [0.15, 0.2) is 0 Å². The summed E-state index contributed by atoms with van der Waals surface area (Å²) in [7, 11) is 1.39. The molecule has 82 valence electrons. The topological polar surface area (TPSA) is 35.5 Å². The van der Waals surface area contributed by atoms with E-state index in [4.69, 9.17) is 4.74 Å². The van der Waals surface area contributed by atoms with Crippen molar-refractivity contribution in [1.29, 1.82) is 0 Å². The van der Waals surface area contributed by atoms with Crippen LogP contribution in [-0.2, 0) is 9.53 Å². The number of rotatable bonds is 5. The fourth-order valence-electron chi connectivity index (χ4n) is 1.07. The summed E-state index contributed by atoms with van der Waals surface area (Å²) in [6, 6.07) is 7.60. The molecule has 0 atom stereocenters. The molecule has 0 radical (unpaired) electrons. The smallest absolute Gasteiger partial charge is 0.305 e. The third kappa shape index (κ3) is 4.83. The van der Waals surface area contributed by atoms with Gasteiger partial charge in [-0.05, 0) is 24.6 Å². The Morgan fingerprint density at radius 2 is 2.27 bits per heavy atom. The molecule has 0 saturated carbocycles. The summed E-state index contributed by atoms with van der Waals surface area (Å²) in [5.74, 6) is 0.599. The lowest BCUT2D eigenvalue weighted by atomic mass is 10.3. The van der Waals surface area contributed by atoms with Crippen LogP contribution in [-0.4, -0.2) is 19.7 Å². The normalized spacial score (nSPS) is 9.73. The largest absolute Gasteiger partial charge is 0.494 e. The van der Waals surface area contributed by atoms with Crippen molar-refractivity contribution in [3.63, 3.8) is 0 Å².